The molecule has 0 atom stereocenters. The Bertz CT molecular complexity index is 593. The molecular weight excluding hydrogens is 269 g/mol. The van der Waals surface area contributed by atoms with Crippen LogP contribution in [0.4, 0.5) is 4.39 Å². The molecule has 0 saturated heterocycles. The number of benzene rings is 1. The van der Waals surface area contributed by atoms with Crippen molar-refractivity contribution in [3.05, 3.63) is 64.8 Å². The van der Waals surface area contributed by atoms with Gasteiger partial charge in [-0.2, -0.15) is 0 Å². The van der Waals surface area contributed by atoms with Crippen molar-refractivity contribution in [2.45, 2.75) is 6.54 Å². The first-order valence-corrected chi connectivity index (χ1v) is 5.96. The Morgan fingerprint density at radius 1 is 1.42 bits per heavy atom. The Morgan fingerprint density at radius 2 is 2.26 bits per heavy atom. The number of hydrogen-bond donors (Lipinski definition) is 1. The van der Waals surface area contributed by atoms with Gasteiger partial charge in [-0.05, 0) is 35.9 Å². The molecule has 0 fully saturated rings. The Labute approximate surface area is 114 Å². The highest BCUT2D eigenvalue weighted by Crippen LogP contribution is 2.16. The SMILES string of the molecule is O=C(C=Cc1ccc(F)c(Cl)c1)NCc1ccco1. The molecule has 1 amide bonds. The fourth-order valence-corrected chi connectivity index (χ4v) is 1.62. The van der Waals surface area contributed by atoms with Crippen LogP contribution in [-0.4, -0.2) is 5.91 Å². The summed E-state index contributed by atoms with van der Waals surface area (Å²) in [6, 6.07) is 7.76. The van der Waals surface area contributed by atoms with Gasteiger partial charge in [0.25, 0.3) is 0 Å². The summed E-state index contributed by atoms with van der Waals surface area (Å²) in [4.78, 5) is 11.5. The molecule has 5 heteroatoms. The number of furan rings is 1. The van der Waals surface area contributed by atoms with E-state index in [2.05, 4.69) is 5.32 Å². The Kier molecular flexibility index (Phi) is 4.36. The van der Waals surface area contributed by atoms with E-state index in [-0.39, 0.29) is 10.9 Å². The van der Waals surface area contributed by atoms with Crippen LogP contribution in [0.15, 0.2) is 47.1 Å². The minimum atomic E-state index is -0.485. The monoisotopic (exact) mass is 279 g/mol. The average molecular weight is 280 g/mol. The van der Waals surface area contributed by atoms with E-state index in [4.69, 9.17) is 16.0 Å². The van der Waals surface area contributed by atoms with Crippen molar-refractivity contribution in [3.63, 3.8) is 0 Å². The van der Waals surface area contributed by atoms with Crippen molar-refractivity contribution < 1.29 is 13.6 Å². The number of carbonyl (C=O) groups is 1. The fourth-order valence-electron chi connectivity index (χ4n) is 1.43. The van der Waals surface area contributed by atoms with Gasteiger partial charge in [-0.15, -0.1) is 0 Å². The van der Waals surface area contributed by atoms with Crippen LogP contribution >= 0.6 is 11.6 Å². The first-order chi connectivity index (χ1) is 9.15. The molecule has 0 bridgehead atoms. The third-order valence-electron chi connectivity index (χ3n) is 2.39. The number of hydrogen-bond acceptors (Lipinski definition) is 2. The largest absolute Gasteiger partial charge is 0.467 e. The number of halogens is 2. The van der Waals surface area contributed by atoms with Crippen molar-refractivity contribution in [2.75, 3.05) is 0 Å². The van der Waals surface area contributed by atoms with Gasteiger partial charge in [-0.3, -0.25) is 4.79 Å². The van der Waals surface area contributed by atoms with E-state index in [9.17, 15) is 9.18 Å². The summed E-state index contributed by atoms with van der Waals surface area (Å²) in [6.45, 7) is 0.320. The average Bonchev–Trinajstić information content (AvgIpc) is 2.91. The van der Waals surface area contributed by atoms with Gasteiger partial charge in [-0.25, -0.2) is 4.39 Å². The topological polar surface area (TPSA) is 42.2 Å². The molecule has 0 spiro atoms. The molecule has 1 heterocycles. The van der Waals surface area contributed by atoms with Gasteiger partial charge < -0.3 is 9.73 Å². The normalized spacial score (nSPS) is 10.8. The summed E-state index contributed by atoms with van der Waals surface area (Å²) in [5, 5.41) is 2.68. The molecule has 98 valence electrons. The van der Waals surface area contributed by atoms with Crippen LogP contribution in [0, 0.1) is 5.82 Å². The maximum Gasteiger partial charge on any atom is 0.244 e. The van der Waals surface area contributed by atoms with Crippen molar-refractivity contribution in [2.24, 2.45) is 0 Å². The van der Waals surface area contributed by atoms with Crippen molar-refractivity contribution in [1.29, 1.82) is 0 Å². The zero-order valence-corrected chi connectivity index (χ0v) is 10.7. The summed E-state index contributed by atoms with van der Waals surface area (Å²) < 4.78 is 18.0. The van der Waals surface area contributed by atoms with E-state index in [0.29, 0.717) is 17.9 Å². The minimum absolute atomic E-state index is 0.0261. The molecule has 2 rings (SSSR count). The molecule has 0 unspecified atom stereocenters. The third kappa shape index (κ3) is 3.96. The summed E-state index contributed by atoms with van der Waals surface area (Å²) in [6.07, 6.45) is 4.45. The molecule has 0 aliphatic carbocycles. The number of rotatable bonds is 4. The minimum Gasteiger partial charge on any atom is -0.467 e. The molecule has 1 aromatic carbocycles. The molecule has 0 radical (unpaired) electrons. The predicted molar refractivity (Wildman–Crippen MR) is 71.0 cm³/mol. The van der Waals surface area contributed by atoms with Gasteiger partial charge >= 0.3 is 0 Å². The van der Waals surface area contributed by atoms with E-state index in [1.54, 1.807) is 18.2 Å². The number of nitrogens with one attached hydrogen (secondary N) is 1. The molecule has 0 aliphatic rings. The van der Waals surface area contributed by atoms with Crippen LogP contribution in [-0.2, 0) is 11.3 Å². The van der Waals surface area contributed by atoms with Crippen LogP contribution in [0.3, 0.4) is 0 Å². The second-order valence-corrected chi connectivity index (χ2v) is 4.21. The van der Waals surface area contributed by atoms with Crippen LogP contribution in [0.5, 0.6) is 0 Å². The Morgan fingerprint density at radius 3 is 2.95 bits per heavy atom. The quantitative estimate of drug-likeness (QED) is 0.872. The molecule has 3 nitrogen and oxygen atoms in total. The van der Waals surface area contributed by atoms with Gasteiger partial charge in [-0.1, -0.05) is 17.7 Å². The number of amides is 1. The first kappa shape index (κ1) is 13.4. The van der Waals surface area contributed by atoms with Crippen molar-refractivity contribution >= 4 is 23.6 Å². The van der Waals surface area contributed by atoms with E-state index >= 15 is 0 Å². The maximum absolute atomic E-state index is 12.9. The predicted octanol–water partition coefficient (Wildman–Crippen LogP) is 3.40. The van der Waals surface area contributed by atoms with Gasteiger partial charge in [0.1, 0.15) is 11.6 Å². The second kappa shape index (κ2) is 6.20. The smallest absolute Gasteiger partial charge is 0.244 e. The standard InChI is InChI=1S/C14H11ClFNO2/c15-12-8-10(3-5-13(12)16)4-6-14(18)17-9-11-2-1-7-19-11/h1-8H,9H2,(H,17,18). The summed E-state index contributed by atoms with van der Waals surface area (Å²) in [5.41, 5.74) is 0.652. The van der Waals surface area contributed by atoms with Gasteiger partial charge in [0, 0.05) is 6.08 Å². The lowest BCUT2D eigenvalue weighted by Crippen LogP contribution is -2.19. The Hall–Kier alpha value is -2.07. The van der Waals surface area contributed by atoms with Crippen LogP contribution in [0.1, 0.15) is 11.3 Å². The molecule has 19 heavy (non-hydrogen) atoms. The number of carbonyl (C=O) groups excluding carboxylic acids is 1. The highest BCUT2D eigenvalue weighted by Gasteiger charge is 2.00. The van der Waals surface area contributed by atoms with Crippen molar-refractivity contribution in [3.8, 4) is 0 Å². The van der Waals surface area contributed by atoms with Crippen molar-refractivity contribution in [1.82, 2.24) is 5.32 Å². The highest BCUT2D eigenvalue weighted by atomic mass is 35.5. The van der Waals surface area contributed by atoms with Gasteiger partial charge in [0.15, 0.2) is 0 Å². The van der Waals surface area contributed by atoms with Crippen LogP contribution in [0.2, 0.25) is 5.02 Å². The Balaban J connectivity index is 1.90. The second-order valence-electron chi connectivity index (χ2n) is 3.80. The molecule has 0 saturated carbocycles. The lowest BCUT2D eigenvalue weighted by atomic mass is 10.2. The van der Waals surface area contributed by atoms with Crippen LogP contribution in [0.25, 0.3) is 6.08 Å². The maximum atomic E-state index is 12.9. The zero-order chi connectivity index (χ0) is 13.7. The van der Waals surface area contributed by atoms with Crippen LogP contribution < -0.4 is 5.32 Å². The van der Waals surface area contributed by atoms with Gasteiger partial charge in [0.05, 0.1) is 17.8 Å². The first-order valence-electron chi connectivity index (χ1n) is 5.58. The lowest BCUT2D eigenvalue weighted by Gasteiger charge is -1.99. The summed E-state index contributed by atoms with van der Waals surface area (Å²) in [7, 11) is 0. The fraction of sp³-hybridized carbons (Fsp3) is 0.0714. The highest BCUT2D eigenvalue weighted by molar-refractivity contribution is 6.30. The molecule has 0 aliphatic heterocycles. The van der Waals surface area contributed by atoms with E-state index in [0.717, 1.165) is 0 Å². The molecule has 1 N–H and O–H groups in total. The molecule has 1 aromatic heterocycles. The molecular formula is C14H11ClFNO2. The zero-order valence-electron chi connectivity index (χ0n) is 9.90. The van der Waals surface area contributed by atoms with Gasteiger partial charge in [0.2, 0.25) is 5.91 Å². The van der Waals surface area contributed by atoms with E-state index < -0.39 is 5.82 Å². The van der Waals surface area contributed by atoms with E-state index in [1.807, 2.05) is 0 Å². The lowest BCUT2D eigenvalue weighted by molar-refractivity contribution is -0.116. The summed E-state index contributed by atoms with van der Waals surface area (Å²) >= 11 is 5.64. The van der Waals surface area contributed by atoms with E-state index in [1.165, 1.54) is 30.5 Å². The molecule has 2 aromatic rings. The summed E-state index contributed by atoms with van der Waals surface area (Å²) in [5.74, 6) is -0.0792. The third-order valence-corrected chi connectivity index (χ3v) is 2.68.